The standard InChI is InChI=1S/C12H4F4N2O4S/c13-5-3-11(7(15)1-9(5)17(19)20)23-12-4-6(14)10(18(21)22)2-8(12)16/h1-4H. The van der Waals surface area contributed by atoms with Crippen LogP contribution in [0.15, 0.2) is 34.1 Å². The number of halogens is 4. The minimum Gasteiger partial charge on any atom is -0.258 e. The monoisotopic (exact) mass is 348 g/mol. The fourth-order valence-corrected chi connectivity index (χ4v) is 2.47. The van der Waals surface area contributed by atoms with Gasteiger partial charge in [0.05, 0.1) is 31.8 Å². The third-order valence-corrected chi connectivity index (χ3v) is 3.68. The van der Waals surface area contributed by atoms with Crippen LogP contribution in [0.1, 0.15) is 0 Å². The van der Waals surface area contributed by atoms with Gasteiger partial charge in [-0.1, -0.05) is 11.8 Å². The van der Waals surface area contributed by atoms with E-state index >= 15 is 0 Å². The van der Waals surface area contributed by atoms with Gasteiger partial charge in [0.2, 0.25) is 11.6 Å². The van der Waals surface area contributed by atoms with E-state index in [-0.39, 0.29) is 11.8 Å². The highest BCUT2D eigenvalue weighted by Gasteiger charge is 2.22. The Morgan fingerprint density at radius 3 is 1.35 bits per heavy atom. The van der Waals surface area contributed by atoms with Crippen molar-refractivity contribution in [1.29, 1.82) is 0 Å². The summed E-state index contributed by atoms with van der Waals surface area (Å²) in [7, 11) is 0. The zero-order valence-corrected chi connectivity index (χ0v) is 11.6. The molecule has 6 nitrogen and oxygen atoms in total. The largest absolute Gasteiger partial charge is 0.307 e. The van der Waals surface area contributed by atoms with Crippen molar-refractivity contribution in [3.05, 3.63) is 67.8 Å². The average Bonchev–Trinajstić information content (AvgIpc) is 2.45. The molecule has 0 atom stereocenters. The van der Waals surface area contributed by atoms with E-state index in [0.717, 1.165) is 0 Å². The fourth-order valence-electron chi connectivity index (χ4n) is 1.59. The summed E-state index contributed by atoms with van der Waals surface area (Å²) in [5, 5.41) is 20.9. The van der Waals surface area contributed by atoms with Gasteiger partial charge in [-0.25, -0.2) is 8.78 Å². The average molecular weight is 348 g/mol. The highest BCUT2D eigenvalue weighted by molar-refractivity contribution is 7.99. The minimum absolute atomic E-state index is 0.235. The minimum atomic E-state index is -1.36. The summed E-state index contributed by atoms with van der Waals surface area (Å²) in [6, 6.07) is 1.52. The van der Waals surface area contributed by atoms with Crippen molar-refractivity contribution >= 4 is 23.1 Å². The predicted octanol–water partition coefficient (Wildman–Crippen LogP) is 4.21. The molecule has 0 heterocycles. The second-order valence-corrected chi connectivity index (χ2v) is 5.17. The van der Waals surface area contributed by atoms with Crippen LogP contribution in [0.5, 0.6) is 0 Å². The second kappa shape index (κ2) is 6.20. The maximum Gasteiger partial charge on any atom is 0.307 e. The maximum absolute atomic E-state index is 13.7. The zero-order chi connectivity index (χ0) is 17.3. The molecule has 0 N–H and O–H groups in total. The number of rotatable bonds is 4. The van der Waals surface area contributed by atoms with Gasteiger partial charge in [-0.3, -0.25) is 20.2 Å². The van der Waals surface area contributed by atoms with Crippen LogP contribution < -0.4 is 0 Å². The summed E-state index contributed by atoms with van der Waals surface area (Å²) in [5.74, 6) is -5.16. The van der Waals surface area contributed by atoms with Crippen molar-refractivity contribution in [2.24, 2.45) is 0 Å². The van der Waals surface area contributed by atoms with E-state index in [1.807, 2.05) is 0 Å². The predicted molar refractivity (Wildman–Crippen MR) is 70.1 cm³/mol. The Labute approximate surface area is 129 Å². The Bertz CT molecular complexity index is 764. The molecule has 2 aromatic carbocycles. The lowest BCUT2D eigenvalue weighted by molar-refractivity contribution is -0.387. The van der Waals surface area contributed by atoms with Crippen LogP contribution in [-0.2, 0) is 0 Å². The molecule has 0 amide bonds. The van der Waals surface area contributed by atoms with Crippen molar-refractivity contribution in [3.8, 4) is 0 Å². The Morgan fingerprint density at radius 1 is 0.696 bits per heavy atom. The van der Waals surface area contributed by atoms with Gasteiger partial charge in [-0.15, -0.1) is 0 Å². The molecule has 0 saturated carbocycles. The van der Waals surface area contributed by atoms with Gasteiger partial charge in [0.1, 0.15) is 11.6 Å². The lowest BCUT2D eigenvalue weighted by atomic mass is 10.3. The first-order chi connectivity index (χ1) is 10.7. The van der Waals surface area contributed by atoms with Gasteiger partial charge < -0.3 is 0 Å². The molecule has 0 aliphatic rings. The molecular weight excluding hydrogens is 344 g/mol. The maximum atomic E-state index is 13.7. The van der Waals surface area contributed by atoms with E-state index in [0.29, 0.717) is 24.3 Å². The van der Waals surface area contributed by atoms with Crippen molar-refractivity contribution in [1.82, 2.24) is 0 Å². The molecule has 0 aromatic heterocycles. The molecule has 0 spiro atoms. The normalized spacial score (nSPS) is 10.6. The lowest BCUT2D eigenvalue weighted by Gasteiger charge is -2.06. The molecule has 0 aliphatic heterocycles. The Hall–Kier alpha value is -2.69. The van der Waals surface area contributed by atoms with Crippen LogP contribution in [-0.4, -0.2) is 9.85 Å². The number of nitrogens with zero attached hydrogens (tertiary/aromatic N) is 2. The van der Waals surface area contributed by atoms with E-state index in [9.17, 15) is 37.8 Å². The van der Waals surface area contributed by atoms with Crippen molar-refractivity contribution in [2.45, 2.75) is 9.79 Å². The fraction of sp³-hybridized carbons (Fsp3) is 0. The number of nitro groups is 2. The van der Waals surface area contributed by atoms with Gasteiger partial charge in [-0.2, -0.15) is 8.78 Å². The van der Waals surface area contributed by atoms with E-state index in [4.69, 9.17) is 0 Å². The van der Waals surface area contributed by atoms with Gasteiger partial charge in [0.25, 0.3) is 0 Å². The Morgan fingerprint density at radius 2 is 1.04 bits per heavy atom. The molecule has 0 unspecified atom stereocenters. The Balaban J connectivity index is 2.44. The summed E-state index contributed by atoms with van der Waals surface area (Å²) in [4.78, 5) is 17.6. The summed E-state index contributed by atoms with van der Waals surface area (Å²) in [5.41, 5.74) is -2.22. The second-order valence-electron chi connectivity index (χ2n) is 4.08. The lowest BCUT2D eigenvalue weighted by Crippen LogP contribution is -1.97. The molecule has 11 heteroatoms. The summed E-state index contributed by atoms with van der Waals surface area (Å²) >= 11 is 0.235. The van der Waals surface area contributed by atoms with Crippen molar-refractivity contribution < 1.29 is 27.4 Å². The third-order valence-electron chi connectivity index (χ3n) is 2.62. The van der Waals surface area contributed by atoms with E-state index in [2.05, 4.69) is 0 Å². The van der Waals surface area contributed by atoms with Crippen LogP contribution in [0.25, 0.3) is 0 Å². The Kier molecular flexibility index (Phi) is 4.50. The molecule has 23 heavy (non-hydrogen) atoms. The van der Waals surface area contributed by atoms with E-state index < -0.39 is 54.3 Å². The van der Waals surface area contributed by atoms with Gasteiger partial charge >= 0.3 is 11.4 Å². The molecule has 0 fully saturated rings. The number of nitro benzene ring substituents is 2. The number of hydrogen-bond acceptors (Lipinski definition) is 5. The molecule has 2 aromatic rings. The van der Waals surface area contributed by atoms with Crippen LogP contribution >= 0.6 is 11.8 Å². The number of benzene rings is 2. The quantitative estimate of drug-likeness (QED) is 0.469. The molecule has 0 saturated heterocycles. The molecular formula is C12H4F4N2O4S. The first-order valence-electron chi connectivity index (χ1n) is 5.65. The molecule has 0 bridgehead atoms. The number of hydrogen-bond donors (Lipinski definition) is 0. The smallest absolute Gasteiger partial charge is 0.258 e. The topological polar surface area (TPSA) is 86.3 Å². The first kappa shape index (κ1) is 16.7. The molecule has 0 aliphatic carbocycles. The highest BCUT2D eigenvalue weighted by Crippen LogP contribution is 2.36. The summed E-state index contributed by atoms with van der Waals surface area (Å²) in [6.45, 7) is 0. The SMILES string of the molecule is O=[N+]([O-])c1cc(F)c(Sc2cc(F)c([N+](=O)[O-])cc2F)cc1F. The molecule has 0 radical (unpaired) electrons. The molecule has 2 rings (SSSR count). The van der Waals surface area contributed by atoms with Crippen LogP contribution in [0.2, 0.25) is 0 Å². The van der Waals surface area contributed by atoms with E-state index in [1.54, 1.807) is 0 Å². The van der Waals surface area contributed by atoms with Crippen molar-refractivity contribution in [2.75, 3.05) is 0 Å². The summed E-state index contributed by atoms with van der Waals surface area (Å²) < 4.78 is 54.3. The van der Waals surface area contributed by atoms with Crippen LogP contribution in [0, 0.1) is 43.5 Å². The van der Waals surface area contributed by atoms with Gasteiger partial charge in [0.15, 0.2) is 0 Å². The third kappa shape index (κ3) is 3.39. The summed E-state index contributed by atoms with van der Waals surface area (Å²) in [6.07, 6.45) is 0. The highest BCUT2D eigenvalue weighted by atomic mass is 32.2. The van der Waals surface area contributed by atoms with Gasteiger partial charge in [-0.05, 0) is 12.1 Å². The molecule has 120 valence electrons. The van der Waals surface area contributed by atoms with E-state index in [1.165, 1.54) is 0 Å². The zero-order valence-electron chi connectivity index (χ0n) is 10.8. The van der Waals surface area contributed by atoms with Gasteiger partial charge in [0, 0.05) is 0 Å². The first-order valence-corrected chi connectivity index (χ1v) is 6.47. The van der Waals surface area contributed by atoms with Crippen LogP contribution in [0.3, 0.4) is 0 Å². The van der Waals surface area contributed by atoms with Crippen LogP contribution in [0.4, 0.5) is 28.9 Å². The van der Waals surface area contributed by atoms with Crippen molar-refractivity contribution in [3.63, 3.8) is 0 Å².